The molecule has 1 N–H and O–H groups in total. The molecule has 1 aromatic rings. The summed E-state index contributed by atoms with van der Waals surface area (Å²) in [5.41, 5.74) is 0.650. The van der Waals surface area contributed by atoms with Crippen LogP contribution in [0.2, 0.25) is 5.02 Å². The SMILES string of the molecule is CC1CC2(CS1)C[C@@H](O)c1cc(Cl)ccc1O2. The lowest BCUT2D eigenvalue weighted by molar-refractivity contribution is 0.00153. The molecule has 3 atom stereocenters. The van der Waals surface area contributed by atoms with E-state index < -0.39 is 6.10 Å². The first kappa shape index (κ1) is 11.7. The Kier molecular flexibility index (Phi) is 2.80. The molecule has 0 aromatic heterocycles. The van der Waals surface area contributed by atoms with E-state index in [4.69, 9.17) is 16.3 Å². The second kappa shape index (κ2) is 4.08. The van der Waals surface area contributed by atoms with Crippen molar-refractivity contribution in [2.24, 2.45) is 0 Å². The molecule has 0 amide bonds. The molecule has 1 fully saturated rings. The van der Waals surface area contributed by atoms with Gasteiger partial charge in [0.05, 0.1) is 6.10 Å². The number of aliphatic hydroxyl groups excluding tert-OH is 1. The highest BCUT2D eigenvalue weighted by Gasteiger charge is 2.45. The second-order valence-corrected chi connectivity index (χ2v) is 6.88. The van der Waals surface area contributed by atoms with E-state index in [1.165, 1.54) is 0 Å². The number of ether oxygens (including phenoxy) is 1. The first-order chi connectivity index (χ1) is 8.08. The van der Waals surface area contributed by atoms with E-state index in [-0.39, 0.29) is 5.60 Å². The molecular formula is C13H15ClO2S. The van der Waals surface area contributed by atoms with Crippen LogP contribution in [0.15, 0.2) is 18.2 Å². The minimum atomic E-state index is -0.455. The molecule has 1 spiro atoms. The maximum absolute atomic E-state index is 10.2. The minimum Gasteiger partial charge on any atom is -0.486 e. The molecule has 2 unspecified atom stereocenters. The maximum Gasteiger partial charge on any atom is 0.126 e. The average molecular weight is 271 g/mol. The van der Waals surface area contributed by atoms with Crippen LogP contribution in [0.5, 0.6) is 5.75 Å². The average Bonchev–Trinajstić information content (AvgIpc) is 2.61. The third-order valence-electron chi connectivity index (χ3n) is 3.51. The van der Waals surface area contributed by atoms with Gasteiger partial charge in [0, 0.05) is 28.0 Å². The van der Waals surface area contributed by atoms with E-state index >= 15 is 0 Å². The Bertz CT molecular complexity index is 451. The molecule has 0 radical (unpaired) electrons. The fourth-order valence-corrected chi connectivity index (χ4v) is 4.24. The summed E-state index contributed by atoms with van der Waals surface area (Å²) in [6.45, 7) is 2.21. The van der Waals surface area contributed by atoms with Gasteiger partial charge >= 0.3 is 0 Å². The molecule has 17 heavy (non-hydrogen) atoms. The summed E-state index contributed by atoms with van der Waals surface area (Å²) >= 11 is 7.87. The van der Waals surface area contributed by atoms with E-state index in [1.807, 2.05) is 23.9 Å². The minimum absolute atomic E-state index is 0.176. The van der Waals surface area contributed by atoms with Gasteiger partial charge < -0.3 is 9.84 Å². The van der Waals surface area contributed by atoms with Crippen LogP contribution < -0.4 is 4.74 Å². The Labute approximate surface area is 110 Å². The summed E-state index contributed by atoms with van der Waals surface area (Å²) in [5, 5.41) is 11.5. The van der Waals surface area contributed by atoms with Crippen molar-refractivity contribution >= 4 is 23.4 Å². The molecule has 92 valence electrons. The van der Waals surface area contributed by atoms with Crippen LogP contribution in [0.1, 0.15) is 31.4 Å². The molecule has 0 aliphatic carbocycles. The summed E-state index contributed by atoms with van der Waals surface area (Å²) in [6, 6.07) is 5.49. The van der Waals surface area contributed by atoms with Crippen LogP contribution in [0.4, 0.5) is 0 Å². The molecule has 2 aliphatic rings. The lowest BCUT2D eigenvalue weighted by Gasteiger charge is -2.37. The normalized spacial score (nSPS) is 35.7. The fraction of sp³-hybridized carbons (Fsp3) is 0.538. The van der Waals surface area contributed by atoms with Gasteiger partial charge in [-0.3, -0.25) is 0 Å². The predicted octanol–water partition coefficient (Wildman–Crippen LogP) is 3.42. The Morgan fingerprint density at radius 3 is 3.00 bits per heavy atom. The number of fused-ring (bicyclic) bond motifs is 1. The second-order valence-electron chi connectivity index (χ2n) is 5.01. The van der Waals surface area contributed by atoms with Crippen molar-refractivity contribution in [3.8, 4) is 5.75 Å². The van der Waals surface area contributed by atoms with E-state index in [0.29, 0.717) is 16.7 Å². The Hall–Kier alpha value is -0.380. The summed E-state index contributed by atoms with van der Waals surface area (Å²) in [4.78, 5) is 0. The van der Waals surface area contributed by atoms with Crippen molar-refractivity contribution in [2.45, 2.75) is 36.7 Å². The van der Waals surface area contributed by atoms with Crippen LogP contribution in [-0.2, 0) is 0 Å². The Balaban J connectivity index is 1.96. The molecule has 0 saturated carbocycles. The monoisotopic (exact) mass is 270 g/mol. The van der Waals surface area contributed by atoms with Gasteiger partial charge in [0.1, 0.15) is 11.4 Å². The van der Waals surface area contributed by atoms with Crippen LogP contribution in [0, 0.1) is 0 Å². The van der Waals surface area contributed by atoms with Gasteiger partial charge in [0.15, 0.2) is 0 Å². The highest BCUT2D eigenvalue weighted by Crippen LogP contribution is 2.48. The van der Waals surface area contributed by atoms with E-state index in [0.717, 1.165) is 23.5 Å². The zero-order chi connectivity index (χ0) is 12.0. The zero-order valence-corrected chi connectivity index (χ0v) is 11.2. The van der Waals surface area contributed by atoms with Crippen LogP contribution >= 0.6 is 23.4 Å². The molecule has 2 heterocycles. The van der Waals surface area contributed by atoms with Gasteiger partial charge in [-0.25, -0.2) is 0 Å². The molecule has 2 nitrogen and oxygen atoms in total. The van der Waals surface area contributed by atoms with Crippen molar-refractivity contribution in [3.05, 3.63) is 28.8 Å². The van der Waals surface area contributed by atoms with Crippen LogP contribution in [0.3, 0.4) is 0 Å². The molecule has 3 rings (SSSR count). The Morgan fingerprint density at radius 1 is 1.47 bits per heavy atom. The number of rotatable bonds is 0. The molecule has 1 saturated heterocycles. The van der Waals surface area contributed by atoms with Crippen molar-refractivity contribution in [3.63, 3.8) is 0 Å². The third-order valence-corrected chi connectivity index (χ3v) is 5.18. The van der Waals surface area contributed by atoms with Crippen molar-refractivity contribution < 1.29 is 9.84 Å². The highest BCUT2D eigenvalue weighted by molar-refractivity contribution is 8.00. The summed E-state index contributed by atoms with van der Waals surface area (Å²) < 4.78 is 6.14. The summed E-state index contributed by atoms with van der Waals surface area (Å²) in [5.74, 6) is 1.76. The van der Waals surface area contributed by atoms with Crippen molar-refractivity contribution in [2.75, 3.05) is 5.75 Å². The number of aliphatic hydroxyl groups is 1. The van der Waals surface area contributed by atoms with E-state index in [2.05, 4.69) is 6.92 Å². The first-order valence-electron chi connectivity index (χ1n) is 5.86. The highest BCUT2D eigenvalue weighted by atomic mass is 35.5. The van der Waals surface area contributed by atoms with Gasteiger partial charge in [0.25, 0.3) is 0 Å². The largest absolute Gasteiger partial charge is 0.486 e. The van der Waals surface area contributed by atoms with Gasteiger partial charge in [-0.05, 0) is 24.6 Å². The van der Waals surface area contributed by atoms with Gasteiger partial charge in [0.2, 0.25) is 0 Å². The van der Waals surface area contributed by atoms with Gasteiger partial charge in [-0.15, -0.1) is 0 Å². The van der Waals surface area contributed by atoms with Crippen molar-refractivity contribution in [1.82, 2.24) is 0 Å². The lowest BCUT2D eigenvalue weighted by Crippen LogP contribution is -2.41. The molecule has 0 bridgehead atoms. The van der Waals surface area contributed by atoms with Crippen LogP contribution in [0.25, 0.3) is 0 Å². The molecular weight excluding hydrogens is 256 g/mol. The number of hydrogen-bond donors (Lipinski definition) is 1. The molecule has 2 aliphatic heterocycles. The first-order valence-corrected chi connectivity index (χ1v) is 7.29. The maximum atomic E-state index is 10.2. The standard InChI is InChI=1S/C13H15ClO2S/c1-8-5-13(7-17-8)6-11(15)10-4-9(14)2-3-12(10)16-13/h2-4,8,11,15H,5-7H2,1H3/t8?,11-,13?/m1/s1. The molecule has 4 heteroatoms. The number of benzene rings is 1. The van der Waals surface area contributed by atoms with E-state index in [1.54, 1.807) is 6.07 Å². The van der Waals surface area contributed by atoms with Gasteiger partial charge in [-0.1, -0.05) is 18.5 Å². The number of hydrogen-bond acceptors (Lipinski definition) is 3. The third kappa shape index (κ3) is 2.05. The summed E-state index contributed by atoms with van der Waals surface area (Å²) in [6.07, 6.45) is 1.23. The molecule has 1 aromatic carbocycles. The van der Waals surface area contributed by atoms with E-state index in [9.17, 15) is 5.11 Å². The Morgan fingerprint density at radius 2 is 2.29 bits per heavy atom. The number of halogens is 1. The van der Waals surface area contributed by atoms with Gasteiger partial charge in [-0.2, -0.15) is 11.8 Å². The topological polar surface area (TPSA) is 29.5 Å². The van der Waals surface area contributed by atoms with Crippen molar-refractivity contribution in [1.29, 1.82) is 0 Å². The quantitative estimate of drug-likeness (QED) is 0.783. The predicted molar refractivity (Wildman–Crippen MR) is 70.9 cm³/mol. The smallest absolute Gasteiger partial charge is 0.126 e. The number of thioether (sulfide) groups is 1. The summed E-state index contributed by atoms with van der Waals surface area (Å²) in [7, 11) is 0. The van der Waals surface area contributed by atoms with Crippen LogP contribution in [-0.4, -0.2) is 21.7 Å². The zero-order valence-electron chi connectivity index (χ0n) is 9.65. The lowest BCUT2D eigenvalue weighted by atomic mass is 9.87. The fourth-order valence-electron chi connectivity index (χ4n) is 2.76.